The summed E-state index contributed by atoms with van der Waals surface area (Å²) >= 11 is 1.84. The highest BCUT2D eigenvalue weighted by Crippen LogP contribution is 2.45. The van der Waals surface area contributed by atoms with E-state index in [1.54, 1.807) is 12.4 Å². The zero-order valence-corrected chi connectivity index (χ0v) is 28.0. The number of thiophene rings is 1. The van der Waals surface area contributed by atoms with E-state index in [1.807, 2.05) is 30.5 Å². The first-order valence-corrected chi connectivity index (χ1v) is 17.5. The van der Waals surface area contributed by atoms with Crippen LogP contribution >= 0.6 is 11.3 Å². The van der Waals surface area contributed by atoms with E-state index in [4.69, 9.17) is 15.0 Å². The van der Waals surface area contributed by atoms with Gasteiger partial charge in [-0.25, -0.2) is 0 Å². The van der Waals surface area contributed by atoms with Gasteiger partial charge in [0, 0.05) is 60.3 Å². The van der Waals surface area contributed by atoms with E-state index >= 15 is 0 Å². The second kappa shape index (κ2) is 11.1. The van der Waals surface area contributed by atoms with Crippen LogP contribution in [0.25, 0.3) is 96.5 Å². The summed E-state index contributed by atoms with van der Waals surface area (Å²) in [5, 5.41) is 11.6. The third-order valence-corrected chi connectivity index (χ3v) is 11.1. The zero-order valence-electron chi connectivity index (χ0n) is 27.2. The summed E-state index contributed by atoms with van der Waals surface area (Å²) in [6, 6.07) is 44.0. The molecule has 4 nitrogen and oxygen atoms in total. The third kappa shape index (κ3) is 4.24. The van der Waals surface area contributed by atoms with Gasteiger partial charge in [0.2, 0.25) is 0 Å². The van der Waals surface area contributed by atoms with Crippen molar-refractivity contribution in [2.75, 3.05) is 0 Å². The summed E-state index contributed by atoms with van der Waals surface area (Å²) in [6.45, 7) is 5.85. The minimum Gasteiger partial charge on any atom is -0.262 e. The average molecular weight is 657 g/mol. The second-order valence-electron chi connectivity index (χ2n) is 12.6. The average Bonchev–Trinajstić information content (AvgIpc) is 3.55. The van der Waals surface area contributed by atoms with E-state index in [2.05, 4.69) is 127 Å². The highest BCUT2D eigenvalue weighted by molar-refractivity contribution is 7.25. The summed E-state index contributed by atoms with van der Waals surface area (Å²) in [6.07, 6.45) is 5.40. The van der Waals surface area contributed by atoms with Gasteiger partial charge in [-0.05, 0) is 93.8 Å². The smallest absolute Gasteiger partial charge is 0.0971 e. The molecule has 0 aliphatic carbocycles. The predicted molar refractivity (Wildman–Crippen MR) is 216 cm³/mol. The van der Waals surface area contributed by atoms with Crippen LogP contribution in [-0.4, -0.2) is 22.9 Å². The van der Waals surface area contributed by atoms with Gasteiger partial charge in [-0.3, -0.25) is 20.0 Å². The Kier molecular flexibility index (Phi) is 6.38. The summed E-state index contributed by atoms with van der Waals surface area (Å²) in [5.74, 6) is 0. The first kappa shape index (κ1) is 28.7. The van der Waals surface area contributed by atoms with Crippen molar-refractivity contribution in [2.45, 2.75) is 6.92 Å². The van der Waals surface area contributed by atoms with Gasteiger partial charge in [0.05, 0.1) is 22.4 Å². The molecule has 0 N–H and O–H groups in total. The van der Waals surface area contributed by atoms with E-state index in [1.165, 1.54) is 42.1 Å². The molecule has 0 saturated heterocycles. The topological polar surface area (TPSA) is 50.5 Å². The van der Waals surface area contributed by atoms with Crippen LogP contribution in [-0.2, 0) is 0 Å². The SMILES string of the molecule is C=Nc1c(N=CC)c2cc(-c3ccc4sc5ccc(-c6ccc7c8ccccc8c8nccnc8c7c6)cc5c4c3)ccc2c2ccccc12. The van der Waals surface area contributed by atoms with Crippen molar-refractivity contribution in [1.29, 1.82) is 0 Å². The van der Waals surface area contributed by atoms with Crippen LogP contribution in [0.1, 0.15) is 6.92 Å². The Morgan fingerprint density at radius 1 is 0.480 bits per heavy atom. The van der Waals surface area contributed by atoms with Crippen molar-refractivity contribution < 1.29 is 0 Å². The summed E-state index contributed by atoms with van der Waals surface area (Å²) in [5.41, 5.74) is 8.19. The molecule has 8 aromatic carbocycles. The van der Waals surface area contributed by atoms with Crippen molar-refractivity contribution in [1.82, 2.24) is 9.97 Å². The van der Waals surface area contributed by atoms with Crippen molar-refractivity contribution in [3.63, 3.8) is 0 Å². The van der Waals surface area contributed by atoms with Crippen LogP contribution in [0.2, 0.25) is 0 Å². The van der Waals surface area contributed by atoms with Gasteiger partial charge in [0.25, 0.3) is 0 Å². The van der Waals surface area contributed by atoms with E-state index in [-0.39, 0.29) is 0 Å². The first-order chi connectivity index (χ1) is 24.7. The molecule has 0 radical (unpaired) electrons. The summed E-state index contributed by atoms with van der Waals surface area (Å²) < 4.78 is 2.54. The quantitative estimate of drug-likeness (QED) is 0.140. The Bertz CT molecular complexity index is 3050. The lowest BCUT2D eigenvalue weighted by molar-refractivity contribution is 1.31. The Morgan fingerprint density at radius 3 is 1.54 bits per heavy atom. The van der Waals surface area contributed by atoms with E-state index in [9.17, 15) is 0 Å². The fraction of sp³-hybridized carbons (Fsp3) is 0.0222. The maximum absolute atomic E-state index is 4.80. The molecule has 2 aromatic heterocycles. The normalized spacial score (nSPS) is 12.1. The molecule has 0 atom stereocenters. The van der Waals surface area contributed by atoms with Gasteiger partial charge in [-0.2, -0.15) is 0 Å². The monoisotopic (exact) mass is 656 g/mol. The van der Waals surface area contributed by atoms with Gasteiger partial charge in [0.1, 0.15) is 0 Å². The molecular formula is C45H28N4S. The van der Waals surface area contributed by atoms with Gasteiger partial charge in [-0.15, -0.1) is 11.3 Å². The molecule has 10 rings (SSSR count). The lowest BCUT2D eigenvalue weighted by Crippen LogP contribution is -1.89. The number of fused-ring (bicyclic) bond motifs is 12. The Morgan fingerprint density at radius 2 is 0.940 bits per heavy atom. The first-order valence-electron chi connectivity index (χ1n) is 16.7. The molecule has 0 unspecified atom stereocenters. The van der Waals surface area contributed by atoms with Crippen LogP contribution in [0.3, 0.4) is 0 Å². The molecule has 0 aliphatic rings. The standard InChI is InChI=1S/C45H28N4S/c1-3-47-44-38-24-26(12-16-32(38)30-8-4-6-10-34(30)42(44)46-2)28-14-18-40-36(22-28)37-23-29(15-19-41(37)50-40)27-13-17-33-31-9-5-7-11-35(31)43-45(39(33)25-27)49-21-20-48-43/h3-25H,2H2,1H3. The molecule has 0 amide bonds. The molecule has 10 aromatic rings. The summed E-state index contributed by atoms with van der Waals surface area (Å²) in [7, 11) is 0. The van der Waals surface area contributed by atoms with Crippen molar-refractivity contribution in [3.8, 4) is 22.3 Å². The van der Waals surface area contributed by atoms with E-state index in [0.717, 1.165) is 65.9 Å². The zero-order chi connectivity index (χ0) is 33.3. The lowest BCUT2D eigenvalue weighted by Gasteiger charge is -2.13. The molecule has 0 aliphatic heterocycles. The number of rotatable bonds is 4. The van der Waals surface area contributed by atoms with Gasteiger partial charge < -0.3 is 0 Å². The van der Waals surface area contributed by atoms with Gasteiger partial charge >= 0.3 is 0 Å². The summed E-state index contributed by atoms with van der Waals surface area (Å²) in [4.78, 5) is 18.8. The second-order valence-corrected chi connectivity index (χ2v) is 13.7. The van der Waals surface area contributed by atoms with Crippen molar-refractivity contribution >= 4 is 110 Å². The highest BCUT2D eigenvalue weighted by Gasteiger charge is 2.16. The molecule has 0 fully saturated rings. The van der Waals surface area contributed by atoms with Gasteiger partial charge in [-0.1, -0.05) is 84.9 Å². The van der Waals surface area contributed by atoms with Crippen LogP contribution in [0.5, 0.6) is 0 Å². The highest BCUT2D eigenvalue weighted by atomic mass is 32.1. The van der Waals surface area contributed by atoms with Crippen molar-refractivity contribution in [2.24, 2.45) is 9.98 Å². The maximum atomic E-state index is 4.80. The number of benzene rings is 8. The van der Waals surface area contributed by atoms with Crippen LogP contribution in [0, 0.1) is 0 Å². The number of hydrogen-bond acceptors (Lipinski definition) is 5. The maximum Gasteiger partial charge on any atom is 0.0971 e. The van der Waals surface area contributed by atoms with Crippen molar-refractivity contribution in [3.05, 3.63) is 134 Å². The van der Waals surface area contributed by atoms with E-state index in [0.29, 0.717) is 0 Å². The largest absolute Gasteiger partial charge is 0.262 e. The number of hydrogen-bond donors (Lipinski definition) is 0. The molecule has 0 bridgehead atoms. The number of aromatic nitrogens is 2. The molecule has 0 saturated carbocycles. The molecule has 234 valence electrons. The molecule has 5 heteroatoms. The molecule has 50 heavy (non-hydrogen) atoms. The fourth-order valence-electron chi connectivity index (χ4n) is 7.70. The van der Waals surface area contributed by atoms with Gasteiger partial charge in [0.15, 0.2) is 0 Å². The Balaban J connectivity index is 1.14. The minimum atomic E-state index is 0.817. The predicted octanol–water partition coefficient (Wildman–Crippen LogP) is 13.0. The minimum absolute atomic E-state index is 0.817. The third-order valence-electron chi connectivity index (χ3n) is 9.97. The molecular weight excluding hydrogens is 629 g/mol. The lowest BCUT2D eigenvalue weighted by atomic mass is 9.94. The fourth-order valence-corrected chi connectivity index (χ4v) is 8.77. The van der Waals surface area contributed by atoms with Crippen LogP contribution in [0.15, 0.2) is 144 Å². The van der Waals surface area contributed by atoms with E-state index < -0.39 is 0 Å². The molecule has 2 heterocycles. The molecule has 0 spiro atoms. The Labute approximate surface area is 291 Å². The number of nitrogens with zero attached hydrogens (tertiary/aromatic N) is 4. The van der Waals surface area contributed by atoms with Crippen LogP contribution in [0.4, 0.5) is 11.4 Å². The number of aliphatic imine (C=N–C) groups is 2. The Hall–Kier alpha value is -6.30. The van der Waals surface area contributed by atoms with Crippen LogP contribution < -0.4 is 0 Å².